The zero-order valence-corrected chi connectivity index (χ0v) is 25.7. The highest BCUT2D eigenvalue weighted by Gasteiger charge is 2.45. The molecule has 46 heavy (non-hydrogen) atoms. The quantitative estimate of drug-likeness (QED) is 0.154. The standard InChI is InChI=1S/C39H24Cl2O5/c40-37(42)25-9-17-29(18-10-25)44-31-21-13-27(14-22-31)39(33-5-1-3-7-35(33)46-36-8-4-2-6-34(36)39)28-15-23-32(24-16-28)45-30-19-11-26(12-20-30)38(41)43/h1-24H. The van der Waals surface area contributed by atoms with Crippen molar-refractivity contribution in [3.8, 4) is 34.5 Å². The van der Waals surface area contributed by atoms with E-state index in [1.54, 1.807) is 48.5 Å². The van der Waals surface area contributed by atoms with Crippen LogP contribution in [-0.4, -0.2) is 10.5 Å². The highest BCUT2D eigenvalue weighted by molar-refractivity contribution is 6.68. The van der Waals surface area contributed by atoms with Gasteiger partial charge < -0.3 is 14.2 Å². The number of para-hydroxylation sites is 2. The van der Waals surface area contributed by atoms with Crippen molar-refractivity contribution in [2.45, 2.75) is 5.41 Å². The molecule has 0 radical (unpaired) electrons. The molecular formula is C39H24Cl2O5. The van der Waals surface area contributed by atoms with Gasteiger partial charge in [0.05, 0.1) is 5.41 Å². The van der Waals surface area contributed by atoms with E-state index in [4.69, 9.17) is 37.4 Å². The van der Waals surface area contributed by atoms with E-state index in [9.17, 15) is 9.59 Å². The molecule has 0 amide bonds. The van der Waals surface area contributed by atoms with Crippen molar-refractivity contribution in [3.63, 3.8) is 0 Å². The van der Waals surface area contributed by atoms with Gasteiger partial charge in [-0.05, 0) is 119 Å². The lowest BCUT2D eigenvalue weighted by Crippen LogP contribution is -2.34. The average molecular weight is 644 g/mol. The number of hydrogen-bond donors (Lipinski definition) is 0. The monoisotopic (exact) mass is 642 g/mol. The van der Waals surface area contributed by atoms with Crippen LogP contribution in [0.4, 0.5) is 0 Å². The molecule has 6 aromatic rings. The molecule has 0 saturated carbocycles. The zero-order chi connectivity index (χ0) is 31.7. The maximum atomic E-state index is 11.5. The summed E-state index contributed by atoms with van der Waals surface area (Å²) in [5.41, 5.74) is 4.10. The Morgan fingerprint density at radius 2 is 0.783 bits per heavy atom. The van der Waals surface area contributed by atoms with Gasteiger partial charge in [-0.3, -0.25) is 9.59 Å². The Hall–Kier alpha value is -5.36. The Kier molecular flexibility index (Phi) is 7.79. The largest absolute Gasteiger partial charge is 0.457 e. The van der Waals surface area contributed by atoms with Crippen LogP contribution >= 0.6 is 23.2 Å². The van der Waals surface area contributed by atoms with E-state index in [0.717, 1.165) is 33.8 Å². The summed E-state index contributed by atoms with van der Waals surface area (Å²) in [6.07, 6.45) is 0. The van der Waals surface area contributed by atoms with Gasteiger partial charge in [-0.2, -0.15) is 0 Å². The Labute approximate surface area is 275 Å². The molecule has 0 fully saturated rings. The lowest BCUT2D eigenvalue weighted by molar-refractivity contribution is 0.107. The first kappa shape index (κ1) is 29.4. The van der Waals surface area contributed by atoms with Gasteiger partial charge in [-0.15, -0.1) is 0 Å². The molecule has 0 aromatic heterocycles. The van der Waals surface area contributed by atoms with Crippen LogP contribution in [0.3, 0.4) is 0 Å². The molecule has 1 aliphatic heterocycles. The smallest absolute Gasteiger partial charge is 0.252 e. The number of halogens is 2. The van der Waals surface area contributed by atoms with Gasteiger partial charge in [-0.1, -0.05) is 60.7 Å². The SMILES string of the molecule is O=C(Cl)c1ccc(Oc2ccc(C3(c4ccc(Oc5ccc(C(=O)Cl)cc5)cc4)c4ccccc4Oc4ccccc43)cc2)cc1. The van der Waals surface area contributed by atoms with Gasteiger partial charge in [0.15, 0.2) is 0 Å². The number of carbonyl (C=O) groups is 2. The number of benzene rings is 6. The predicted molar refractivity (Wildman–Crippen MR) is 178 cm³/mol. The highest BCUT2D eigenvalue weighted by atomic mass is 35.5. The van der Waals surface area contributed by atoms with Gasteiger partial charge in [-0.25, -0.2) is 0 Å². The second-order valence-corrected chi connectivity index (χ2v) is 11.4. The molecular weight excluding hydrogens is 619 g/mol. The van der Waals surface area contributed by atoms with Crippen LogP contribution in [-0.2, 0) is 5.41 Å². The number of hydrogen-bond acceptors (Lipinski definition) is 5. The fraction of sp³-hybridized carbons (Fsp3) is 0.0256. The average Bonchev–Trinajstić information content (AvgIpc) is 3.08. The first-order chi connectivity index (χ1) is 22.4. The van der Waals surface area contributed by atoms with E-state index in [0.29, 0.717) is 34.1 Å². The van der Waals surface area contributed by atoms with Crippen LogP contribution in [0.5, 0.6) is 34.5 Å². The molecule has 0 unspecified atom stereocenters. The van der Waals surface area contributed by atoms with Crippen molar-refractivity contribution in [1.82, 2.24) is 0 Å². The van der Waals surface area contributed by atoms with Crippen molar-refractivity contribution in [3.05, 3.63) is 179 Å². The summed E-state index contributed by atoms with van der Waals surface area (Å²) >= 11 is 11.2. The fourth-order valence-corrected chi connectivity index (χ4v) is 6.16. The van der Waals surface area contributed by atoms with Gasteiger partial charge in [0.2, 0.25) is 0 Å². The third-order valence-electron chi connectivity index (χ3n) is 8.01. The number of fused-ring (bicyclic) bond motifs is 2. The Morgan fingerprint density at radius 1 is 0.457 bits per heavy atom. The summed E-state index contributed by atoms with van der Waals surface area (Å²) in [5.74, 6) is 4.00. The van der Waals surface area contributed by atoms with Crippen LogP contribution in [0.2, 0.25) is 0 Å². The third kappa shape index (κ3) is 5.40. The van der Waals surface area contributed by atoms with Gasteiger partial charge in [0.25, 0.3) is 10.5 Å². The van der Waals surface area contributed by atoms with E-state index in [1.165, 1.54) is 0 Å². The van der Waals surface area contributed by atoms with Crippen molar-refractivity contribution in [2.24, 2.45) is 0 Å². The number of carbonyl (C=O) groups excluding carboxylic acids is 2. The molecule has 0 aliphatic carbocycles. The maximum Gasteiger partial charge on any atom is 0.252 e. The lowest BCUT2D eigenvalue weighted by Gasteiger charge is -2.41. The summed E-state index contributed by atoms with van der Waals surface area (Å²) in [4.78, 5) is 22.9. The molecule has 7 rings (SSSR count). The van der Waals surface area contributed by atoms with Crippen LogP contribution in [0.1, 0.15) is 43.0 Å². The lowest BCUT2D eigenvalue weighted by atomic mass is 9.63. The predicted octanol–water partition coefficient (Wildman–Crippen LogP) is 10.5. The van der Waals surface area contributed by atoms with Crippen LogP contribution in [0, 0.1) is 0 Å². The minimum Gasteiger partial charge on any atom is -0.457 e. The summed E-state index contributed by atoms with van der Waals surface area (Å²) in [6.45, 7) is 0. The first-order valence-corrected chi connectivity index (χ1v) is 15.2. The third-order valence-corrected chi connectivity index (χ3v) is 8.45. The van der Waals surface area contributed by atoms with E-state index in [1.807, 2.05) is 60.7 Å². The number of ether oxygens (including phenoxy) is 3. The topological polar surface area (TPSA) is 61.8 Å². The molecule has 0 bridgehead atoms. The van der Waals surface area contributed by atoms with E-state index >= 15 is 0 Å². The summed E-state index contributed by atoms with van der Waals surface area (Å²) in [5, 5.41) is -1.03. The molecule has 5 nitrogen and oxygen atoms in total. The minimum absolute atomic E-state index is 0.403. The summed E-state index contributed by atoms with van der Waals surface area (Å²) < 4.78 is 18.6. The Bertz CT molecular complexity index is 1900. The zero-order valence-electron chi connectivity index (χ0n) is 24.2. The van der Waals surface area contributed by atoms with Crippen molar-refractivity contribution < 1.29 is 23.8 Å². The first-order valence-electron chi connectivity index (χ1n) is 14.5. The summed E-state index contributed by atoms with van der Waals surface area (Å²) in [6, 6.07) is 45.5. The minimum atomic E-state index is -0.729. The summed E-state index contributed by atoms with van der Waals surface area (Å²) in [7, 11) is 0. The molecule has 0 atom stereocenters. The van der Waals surface area contributed by atoms with Crippen LogP contribution < -0.4 is 14.2 Å². The molecule has 224 valence electrons. The number of rotatable bonds is 8. The molecule has 1 heterocycles. The molecule has 0 spiro atoms. The van der Waals surface area contributed by atoms with Crippen LogP contribution in [0.25, 0.3) is 0 Å². The van der Waals surface area contributed by atoms with E-state index in [2.05, 4.69) is 36.4 Å². The van der Waals surface area contributed by atoms with Crippen LogP contribution in [0.15, 0.2) is 146 Å². The van der Waals surface area contributed by atoms with Crippen molar-refractivity contribution in [1.29, 1.82) is 0 Å². The molecule has 0 N–H and O–H groups in total. The van der Waals surface area contributed by atoms with Gasteiger partial charge in [0.1, 0.15) is 34.5 Å². The molecule has 7 heteroatoms. The van der Waals surface area contributed by atoms with E-state index < -0.39 is 15.9 Å². The molecule has 0 saturated heterocycles. The maximum absolute atomic E-state index is 11.5. The highest BCUT2D eigenvalue weighted by Crippen LogP contribution is 2.55. The Morgan fingerprint density at radius 3 is 1.13 bits per heavy atom. The van der Waals surface area contributed by atoms with Crippen molar-refractivity contribution in [2.75, 3.05) is 0 Å². The van der Waals surface area contributed by atoms with E-state index in [-0.39, 0.29) is 0 Å². The second-order valence-electron chi connectivity index (χ2n) is 10.7. The molecule has 1 aliphatic rings. The molecule has 6 aromatic carbocycles. The van der Waals surface area contributed by atoms with Gasteiger partial charge >= 0.3 is 0 Å². The fourth-order valence-electron chi connectivity index (χ4n) is 5.91. The normalized spacial score (nSPS) is 12.7. The van der Waals surface area contributed by atoms with Crippen molar-refractivity contribution >= 4 is 33.7 Å². The van der Waals surface area contributed by atoms with Gasteiger partial charge in [0, 0.05) is 22.3 Å². The second kappa shape index (κ2) is 12.2. The Balaban J connectivity index is 1.30.